The molecule has 0 aromatic heterocycles. The highest BCUT2D eigenvalue weighted by Gasteiger charge is 2.12. The van der Waals surface area contributed by atoms with E-state index in [9.17, 15) is 14.4 Å². The average molecular weight is 417 g/mol. The highest BCUT2D eigenvalue weighted by molar-refractivity contribution is 6.00. The molecule has 0 heterocycles. The summed E-state index contributed by atoms with van der Waals surface area (Å²) in [7, 11) is 1.48. The van der Waals surface area contributed by atoms with Gasteiger partial charge in [0.05, 0.1) is 19.3 Å². The topological polar surface area (TPSA) is 96.5 Å². The fraction of sp³-hybridized carbons (Fsp3) is 0.125. The fourth-order valence-electron chi connectivity index (χ4n) is 2.99. The monoisotopic (exact) mass is 417 g/mol. The summed E-state index contributed by atoms with van der Waals surface area (Å²) in [6.07, 6.45) is 0. The third-order valence-electron chi connectivity index (χ3n) is 4.46. The maximum absolute atomic E-state index is 12.4. The third kappa shape index (κ3) is 5.93. The van der Waals surface area contributed by atoms with E-state index in [4.69, 9.17) is 4.74 Å². The molecule has 0 bridgehead atoms. The molecule has 7 nitrogen and oxygen atoms in total. The molecule has 0 aliphatic heterocycles. The van der Waals surface area contributed by atoms with Crippen LogP contribution in [0.25, 0.3) is 11.1 Å². The summed E-state index contributed by atoms with van der Waals surface area (Å²) in [5.74, 6) is -0.570. The molecule has 3 N–H and O–H groups in total. The van der Waals surface area contributed by atoms with Crippen molar-refractivity contribution in [3.8, 4) is 16.9 Å². The van der Waals surface area contributed by atoms with E-state index in [2.05, 4.69) is 16.0 Å². The van der Waals surface area contributed by atoms with E-state index in [1.807, 2.05) is 42.5 Å². The van der Waals surface area contributed by atoms with Gasteiger partial charge in [0.15, 0.2) is 0 Å². The quantitative estimate of drug-likeness (QED) is 0.546. The molecule has 3 aromatic carbocycles. The van der Waals surface area contributed by atoms with Gasteiger partial charge in [0.1, 0.15) is 5.75 Å². The summed E-state index contributed by atoms with van der Waals surface area (Å²) >= 11 is 0. The van der Waals surface area contributed by atoms with Gasteiger partial charge < -0.3 is 20.7 Å². The molecule has 0 radical (unpaired) electrons. The molecule has 0 fully saturated rings. The Bertz CT molecular complexity index is 1080. The lowest BCUT2D eigenvalue weighted by molar-refractivity contribution is -0.115. The van der Waals surface area contributed by atoms with Gasteiger partial charge in [0, 0.05) is 18.2 Å². The Hall–Kier alpha value is -4.13. The van der Waals surface area contributed by atoms with E-state index in [1.54, 1.807) is 30.3 Å². The predicted octanol–water partition coefficient (Wildman–Crippen LogP) is 3.69. The summed E-state index contributed by atoms with van der Waals surface area (Å²) in [6, 6.07) is 21.9. The highest BCUT2D eigenvalue weighted by atomic mass is 16.5. The molecule has 0 aliphatic rings. The van der Waals surface area contributed by atoms with Crippen LogP contribution in [0.2, 0.25) is 0 Å². The first-order chi connectivity index (χ1) is 15.0. The van der Waals surface area contributed by atoms with Gasteiger partial charge in [-0.2, -0.15) is 0 Å². The van der Waals surface area contributed by atoms with Crippen molar-refractivity contribution in [2.24, 2.45) is 0 Å². The largest absolute Gasteiger partial charge is 0.495 e. The van der Waals surface area contributed by atoms with E-state index in [1.165, 1.54) is 14.0 Å². The van der Waals surface area contributed by atoms with Crippen molar-refractivity contribution in [3.05, 3.63) is 78.4 Å². The van der Waals surface area contributed by atoms with E-state index in [0.29, 0.717) is 22.7 Å². The minimum Gasteiger partial charge on any atom is -0.495 e. The van der Waals surface area contributed by atoms with E-state index < -0.39 is 5.91 Å². The minimum atomic E-state index is -0.424. The van der Waals surface area contributed by atoms with Crippen LogP contribution in [-0.4, -0.2) is 31.4 Å². The maximum Gasteiger partial charge on any atom is 0.251 e. The Morgan fingerprint density at radius 3 is 2.16 bits per heavy atom. The van der Waals surface area contributed by atoms with Crippen molar-refractivity contribution in [1.82, 2.24) is 5.32 Å². The average Bonchev–Trinajstić information content (AvgIpc) is 2.78. The van der Waals surface area contributed by atoms with Crippen LogP contribution in [0.5, 0.6) is 5.75 Å². The second kappa shape index (κ2) is 10.1. The summed E-state index contributed by atoms with van der Waals surface area (Å²) in [6.45, 7) is 1.18. The Kier molecular flexibility index (Phi) is 7.01. The number of hydrogen-bond acceptors (Lipinski definition) is 4. The van der Waals surface area contributed by atoms with Crippen molar-refractivity contribution in [1.29, 1.82) is 0 Å². The first-order valence-corrected chi connectivity index (χ1v) is 9.65. The standard InChI is InChI=1S/C24H23N3O4/c1-16(28)26-20-12-13-22(31-2)21(14-20)27-23(29)15-25-24(30)19-10-8-18(9-11-19)17-6-4-3-5-7-17/h3-14H,15H2,1-2H3,(H,25,30)(H,26,28)(H,27,29). The lowest BCUT2D eigenvalue weighted by atomic mass is 10.0. The number of nitrogens with one attached hydrogen (secondary N) is 3. The summed E-state index contributed by atoms with van der Waals surface area (Å²) < 4.78 is 5.23. The SMILES string of the molecule is COc1ccc(NC(C)=O)cc1NC(=O)CNC(=O)c1ccc(-c2ccccc2)cc1. The summed E-state index contributed by atoms with van der Waals surface area (Å²) in [4.78, 5) is 35.9. The molecule has 3 amide bonds. The Labute approximate surface area is 180 Å². The first-order valence-electron chi connectivity index (χ1n) is 9.65. The molecule has 0 atom stereocenters. The highest BCUT2D eigenvalue weighted by Crippen LogP contribution is 2.27. The van der Waals surface area contributed by atoms with Crippen LogP contribution >= 0.6 is 0 Å². The van der Waals surface area contributed by atoms with E-state index in [-0.39, 0.29) is 18.4 Å². The zero-order valence-corrected chi connectivity index (χ0v) is 17.3. The molecular formula is C24H23N3O4. The number of amides is 3. The second-order valence-electron chi connectivity index (χ2n) is 6.77. The minimum absolute atomic E-state index is 0.215. The van der Waals surface area contributed by atoms with Gasteiger partial charge in [0.2, 0.25) is 11.8 Å². The smallest absolute Gasteiger partial charge is 0.251 e. The molecule has 7 heteroatoms. The van der Waals surface area contributed by atoms with Gasteiger partial charge in [-0.05, 0) is 41.5 Å². The van der Waals surface area contributed by atoms with Gasteiger partial charge in [-0.15, -0.1) is 0 Å². The van der Waals surface area contributed by atoms with Crippen LogP contribution in [0.3, 0.4) is 0 Å². The van der Waals surface area contributed by atoms with E-state index >= 15 is 0 Å². The predicted molar refractivity (Wildman–Crippen MR) is 120 cm³/mol. The maximum atomic E-state index is 12.4. The number of benzene rings is 3. The van der Waals surface area contributed by atoms with Gasteiger partial charge in [-0.3, -0.25) is 14.4 Å². The van der Waals surface area contributed by atoms with Crippen molar-refractivity contribution in [2.45, 2.75) is 6.92 Å². The molecule has 158 valence electrons. The lowest BCUT2D eigenvalue weighted by Crippen LogP contribution is -2.32. The molecule has 3 aromatic rings. The molecular weight excluding hydrogens is 394 g/mol. The second-order valence-corrected chi connectivity index (χ2v) is 6.77. The van der Waals surface area contributed by atoms with Crippen LogP contribution in [0.4, 0.5) is 11.4 Å². The number of rotatable bonds is 7. The lowest BCUT2D eigenvalue weighted by Gasteiger charge is -2.13. The number of methoxy groups -OCH3 is 1. The van der Waals surface area contributed by atoms with Gasteiger partial charge in [0.25, 0.3) is 5.91 Å². The molecule has 31 heavy (non-hydrogen) atoms. The number of carbonyl (C=O) groups is 3. The number of ether oxygens (including phenoxy) is 1. The zero-order valence-electron chi connectivity index (χ0n) is 17.3. The Morgan fingerprint density at radius 1 is 0.839 bits per heavy atom. The fourth-order valence-corrected chi connectivity index (χ4v) is 2.99. The number of carbonyl (C=O) groups excluding carboxylic acids is 3. The zero-order chi connectivity index (χ0) is 22.2. The van der Waals surface area contributed by atoms with Crippen molar-refractivity contribution >= 4 is 29.1 Å². The van der Waals surface area contributed by atoms with Crippen molar-refractivity contribution < 1.29 is 19.1 Å². The number of hydrogen-bond donors (Lipinski definition) is 3. The van der Waals surface area contributed by atoms with Crippen LogP contribution in [0.15, 0.2) is 72.8 Å². The Morgan fingerprint density at radius 2 is 1.52 bits per heavy atom. The van der Waals surface area contributed by atoms with Gasteiger partial charge in [-0.1, -0.05) is 42.5 Å². The summed E-state index contributed by atoms with van der Waals surface area (Å²) in [5.41, 5.74) is 3.43. The first kappa shape index (κ1) is 21.6. The molecule has 0 saturated carbocycles. The van der Waals surface area contributed by atoms with Gasteiger partial charge >= 0.3 is 0 Å². The van der Waals surface area contributed by atoms with Crippen molar-refractivity contribution in [2.75, 3.05) is 24.3 Å². The summed E-state index contributed by atoms with van der Waals surface area (Å²) in [5, 5.41) is 7.93. The molecule has 0 saturated heterocycles. The molecule has 0 aliphatic carbocycles. The third-order valence-corrected chi connectivity index (χ3v) is 4.46. The molecule has 3 rings (SSSR count). The number of anilines is 2. The van der Waals surface area contributed by atoms with E-state index in [0.717, 1.165) is 11.1 Å². The van der Waals surface area contributed by atoms with Crippen molar-refractivity contribution in [3.63, 3.8) is 0 Å². The van der Waals surface area contributed by atoms with Crippen LogP contribution in [-0.2, 0) is 9.59 Å². The van der Waals surface area contributed by atoms with Crippen LogP contribution < -0.4 is 20.7 Å². The van der Waals surface area contributed by atoms with Crippen LogP contribution in [0, 0.1) is 0 Å². The van der Waals surface area contributed by atoms with Gasteiger partial charge in [-0.25, -0.2) is 0 Å². The molecule has 0 spiro atoms. The normalized spacial score (nSPS) is 10.1. The Balaban J connectivity index is 1.59. The molecule has 0 unspecified atom stereocenters. The van der Waals surface area contributed by atoms with Crippen LogP contribution in [0.1, 0.15) is 17.3 Å².